The third-order valence-corrected chi connectivity index (χ3v) is 7.55. The number of aromatic amines is 1. The van der Waals surface area contributed by atoms with Crippen molar-refractivity contribution < 1.29 is 4.79 Å². The van der Waals surface area contributed by atoms with Gasteiger partial charge >= 0.3 is 0 Å². The highest BCUT2D eigenvalue weighted by molar-refractivity contribution is 6.04. The molecule has 0 aliphatic carbocycles. The number of piperazine rings is 1. The van der Waals surface area contributed by atoms with Crippen LogP contribution in [0.1, 0.15) is 35.1 Å². The van der Waals surface area contributed by atoms with Crippen molar-refractivity contribution in [3.8, 4) is 22.4 Å². The molecule has 2 fully saturated rings. The summed E-state index contributed by atoms with van der Waals surface area (Å²) in [7, 11) is 2.16. The summed E-state index contributed by atoms with van der Waals surface area (Å²) >= 11 is 0. The van der Waals surface area contributed by atoms with Crippen molar-refractivity contribution in [2.24, 2.45) is 0 Å². The fourth-order valence-electron chi connectivity index (χ4n) is 5.30. The average Bonchev–Trinajstić information content (AvgIpc) is 3.63. The Morgan fingerprint density at radius 1 is 0.868 bits per heavy atom. The standard InChI is InChI=1S/C30H33N7O/c1-36-16-2-3-27(36)29-33-20-26(35-29)23-6-4-21(5-7-23)22-8-11-25(12-9-22)34-30(38)24-10-13-28(32-19-24)37-17-14-31-15-18-37/h4-13,19-20,27,31H,2-3,14-18H2,1H3,(H,33,35)(H,34,38)/t27-/m0/s1. The molecule has 194 valence electrons. The maximum absolute atomic E-state index is 12.7. The van der Waals surface area contributed by atoms with Gasteiger partial charge in [0.15, 0.2) is 0 Å². The number of H-pyrrole nitrogens is 1. The van der Waals surface area contributed by atoms with Gasteiger partial charge < -0.3 is 20.5 Å². The normalized spacial score (nSPS) is 18.0. The van der Waals surface area contributed by atoms with Crippen LogP contribution >= 0.6 is 0 Å². The zero-order valence-electron chi connectivity index (χ0n) is 21.7. The van der Waals surface area contributed by atoms with E-state index in [0.29, 0.717) is 11.6 Å². The molecule has 4 aromatic rings. The molecule has 2 aromatic carbocycles. The molecule has 1 atom stereocenters. The highest BCUT2D eigenvalue weighted by Crippen LogP contribution is 2.31. The summed E-state index contributed by atoms with van der Waals surface area (Å²) < 4.78 is 0. The van der Waals surface area contributed by atoms with Crippen LogP contribution in [0.4, 0.5) is 11.5 Å². The lowest BCUT2D eigenvalue weighted by molar-refractivity contribution is 0.102. The largest absolute Gasteiger partial charge is 0.354 e. The van der Waals surface area contributed by atoms with E-state index in [1.165, 1.54) is 6.42 Å². The van der Waals surface area contributed by atoms with E-state index < -0.39 is 0 Å². The second-order valence-electron chi connectivity index (χ2n) is 10.1. The van der Waals surface area contributed by atoms with Gasteiger partial charge in [0.05, 0.1) is 23.5 Å². The first-order chi connectivity index (χ1) is 18.6. The van der Waals surface area contributed by atoms with Gasteiger partial charge in [0.25, 0.3) is 5.91 Å². The van der Waals surface area contributed by atoms with Gasteiger partial charge in [0.2, 0.25) is 0 Å². The van der Waals surface area contributed by atoms with E-state index in [1.807, 2.05) is 42.6 Å². The number of imidazole rings is 1. The molecule has 0 radical (unpaired) electrons. The van der Waals surface area contributed by atoms with Crippen LogP contribution in [-0.4, -0.2) is 65.5 Å². The van der Waals surface area contributed by atoms with Crippen LogP contribution in [0.3, 0.4) is 0 Å². The van der Waals surface area contributed by atoms with Crippen LogP contribution < -0.4 is 15.5 Å². The molecule has 8 heteroatoms. The minimum atomic E-state index is -0.163. The van der Waals surface area contributed by atoms with E-state index in [0.717, 1.165) is 78.9 Å². The second-order valence-corrected chi connectivity index (χ2v) is 10.1. The van der Waals surface area contributed by atoms with Gasteiger partial charge in [-0.1, -0.05) is 36.4 Å². The quantitative estimate of drug-likeness (QED) is 0.354. The van der Waals surface area contributed by atoms with Crippen molar-refractivity contribution in [1.82, 2.24) is 25.2 Å². The highest BCUT2D eigenvalue weighted by Gasteiger charge is 2.25. The summed E-state index contributed by atoms with van der Waals surface area (Å²) in [4.78, 5) is 30.0. The molecule has 0 unspecified atom stereocenters. The maximum Gasteiger partial charge on any atom is 0.257 e. The monoisotopic (exact) mass is 507 g/mol. The third-order valence-electron chi connectivity index (χ3n) is 7.55. The van der Waals surface area contributed by atoms with Gasteiger partial charge in [-0.15, -0.1) is 0 Å². The number of anilines is 2. The fraction of sp³-hybridized carbons (Fsp3) is 0.300. The number of aromatic nitrogens is 3. The van der Waals surface area contributed by atoms with Crippen LogP contribution in [0.25, 0.3) is 22.4 Å². The van der Waals surface area contributed by atoms with Gasteiger partial charge in [-0.25, -0.2) is 9.97 Å². The minimum absolute atomic E-state index is 0.163. The van der Waals surface area contributed by atoms with E-state index >= 15 is 0 Å². The first-order valence-electron chi connectivity index (χ1n) is 13.3. The van der Waals surface area contributed by atoms with E-state index in [9.17, 15) is 4.79 Å². The molecule has 2 saturated heterocycles. The van der Waals surface area contributed by atoms with Gasteiger partial charge in [-0.2, -0.15) is 0 Å². The van der Waals surface area contributed by atoms with Gasteiger partial charge in [0.1, 0.15) is 11.6 Å². The smallest absolute Gasteiger partial charge is 0.257 e. The molecule has 4 heterocycles. The van der Waals surface area contributed by atoms with Crippen molar-refractivity contribution in [3.05, 3.63) is 84.4 Å². The maximum atomic E-state index is 12.7. The van der Waals surface area contributed by atoms with Crippen molar-refractivity contribution in [1.29, 1.82) is 0 Å². The summed E-state index contributed by atoms with van der Waals surface area (Å²) in [6.45, 7) is 4.88. The number of hydrogen-bond acceptors (Lipinski definition) is 6. The molecular formula is C30H33N7O. The van der Waals surface area contributed by atoms with Crippen molar-refractivity contribution in [3.63, 3.8) is 0 Å². The number of benzene rings is 2. The Balaban J connectivity index is 1.08. The molecule has 8 nitrogen and oxygen atoms in total. The molecule has 6 rings (SSSR count). The molecule has 1 amide bonds. The lowest BCUT2D eigenvalue weighted by atomic mass is 10.0. The first-order valence-corrected chi connectivity index (χ1v) is 13.3. The second kappa shape index (κ2) is 10.8. The number of carbonyl (C=O) groups excluding carboxylic acids is 1. The Morgan fingerprint density at radius 3 is 2.24 bits per heavy atom. The zero-order chi connectivity index (χ0) is 25.9. The molecule has 0 spiro atoms. The molecule has 2 aliphatic rings. The molecule has 38 heavy (non-hydrogen) atoms. The van der Waals surface area contributed by atoms with Crippen LogP contribution in [0.2, 0.25) is 0 Å². The minimum Gasteiger partial charge on any atom is -0.354 e. The number of amides is 1. The lowest BCUT2D eigenvalue weighted by Crippen LogP contribution is -2.43. The molecule has 2 aliphatic heterocycles. The van der Waals surface area contributed by atoms with Gasteiger partial charge in [-0.05, 0) is 67.4 Å². The lowest BCUT2D eigenvalue weighted by Gasteiger charge is -2.28. The Bertz CT molecular complexity index is 1370. The number of nitrogens with one attached hydrogen (secondary N) is 3. The summed E-state index contributed by atoms with van der Waals surface area (Å²) in [6.07, 6.45) is 5.95. The number of carbonyl (C=O) groups is 1. The zero-order valence-corrected chi connectivity index (χ0v) is 21.7. The van der Waals surface area contributed by atoms with Crippen molar-refractivity contribution >= 4 is 17.4 Å². The fourth-order valence-corrected chi connectivity index (χ4v) is 5.30. The number of hydrogen-bond donors (Lipinski definition) is 3. The van der Waals surface area contributed by atoms with Crippen molar-refractivity contribution in [2.75, 3.05) is 50.0 Å². The molecule has 0 bridgehead atoms. The first kappa shape index (κ1) is 24.3. The van der Waals surface area contributed by atoms with Crippen LogP contribution in [0.5, 0.6) is 0 Å². The SMILES string of the molecule is CN1CCC[C@H]1c1ncc(-c2ccc(-c3ccc(NC(=O)c4ccc(N5CCNCC5)nc4)cc3)cc2)[nH]1. The van der Waals surface area contributed by atoms with Gasteiger partial charge in [0, 0.05) is 38.1 Å². The summed E-state index contributed by atoms with van der Waals surface area (Å²) in [5.74, 6) is 1.80. The van der Waals surface area contributed by atoms with E-state index in [-0.39, 0.29) is 5.91 Å². The third kappa shape index (κ3) is 5.18. The van der Waals surface area contributed by atoms with Gasteiger partial charge in [-0.3, -0.25) is 9.69 Å². The molecule has 3 N–H and O–H groups in total. The van der Waals surface area contributed by atoms with Crippen molar-refractivity contribution in [2.45, 2.75) is 18.9 Å². The summed E-state index contributed by atoms with van der Waals surface area (Å²) in [5.41, 5.74) is 5.67. The average molecular weight is 508 g/mol. The van der Waals surface area contributed by atoms with E-state index in [1.54, 1.807) is 6.20 Å². The topological polar surface area (TPSA) is 89.2 Å². The van der Waals surface area contributed by atoms with Crippen LogP contribution in [0, 0.1) is 0 Å². The molecular weight excluding hydrogens is 474 g/mol. The molecule has 2 aromatic heterocycles. The summed E-state index contributed by atoms with van der Waals surface area (Å²) in [5, 5.41) is 6.31. The Hall–Kier alpha value is -4.01. The molecule has 0 saturated carbocycles. The number of nitrogens with zero attached hydrogens (tertiary/aromatic N) is 4. The highest BCUT2D eigenvalue weighted by atomic mass is 16.1. The Morgan fingerprint density at radius 2 is 1.58 bits per heavy atom. The van der Waals surface area contributed by atoms with Crippen LogP contribution in [0.15, 0.2) is 73.1 Å². The Kier molecular flexibility index (Phi) is 6.90. The number of pyridine rings is 1. The van der Waals surface area contributed by atoms with E-state index in [4.69, 9.17) is 0 Å². The Labute approximate surface area is 223 Å². The summed E-state index contributed by atoms with van der Waals surface area (Å²) in [6, 6.07) is 20.6. The number of rotatable bonds is 6. The predicted molar refractivity (Wildman–Crippen MR) is 151 cm³/mol. The number of likely N-dealkylation sites (tertiary alicyclic amines) is 1. The van der Waals surface area contributed by atoms with Crippen LogP contribution in [-0.2, 0) is 0 Å². The van der Waals surface area contributed by atoms with E-state index in [2.05, 4.69) is 66.7 Å². The predicted octanol–water partition coefficient (Wildman–Crippen LogP) is 4.57.